The molecule has 0 atom stereocenters. The van der Waals surface area contributed by atoms with Gasteiger partial charge in [0.25, 0.3) is 0 Å². The number of aliphatic imine (C=N–C) groups is 1. The second-order valence-electron chi connectivity index (χ2n) is 6.24. The first-order valence-electron chi connectivity index (χ1n) is 7.74. The summed E-state index contributed by atoms with van der Waals surface area (Å²) >= 11 is 12.0. The van der Waals surface area contributed by atoms with Crippen LogP contribution < -0.4 is 10.9 Å². The van der Waals surface area contributed by atoms with Crippen LogP contribution in [-0.2, 0) is 10.2 Å². The zero-order valence-electron chi connectivity index (χ0n) is 13.8. The van der Waals surface area contributed by atoms with E-state index in [1.165, 1.54) is 0 Å². The van der Waals surface area contributed by atoms with E-state index >= 15 is 0 Å². The standard InChI is InChI=1S/C19H17Cl2N3O/c1-19(2)16-9-14(21)5-8-17(16)23-18(19)12(11-25)10-22-24-15-6-3-13(20)4-7-15/h3-11,22,24H,1-2H3/b12-10+. The molecule has 0 fully saturated rings. The zero-order valence-corrected chi connectivity index (χ0v) is 15.3. The zero-order chi connectivity index (χ0) is 18.0. The lowest BCUT2D eigenvalue weighted by Crippen LogP contribution is -2.29. The van der Waals surface area contributed by atoms with E-state index in [0.29, 0.717) is 21.3 Å². The van der Waals surface area contributed by atoms with Crippen LogP contribution >= 0.6 is 23.2 Å². The van der Waals surface area contributed by atoms with Crippen LogP contribution in [0.25, 0.3) is 0 Å². The van der Waals surface area contributed by atoms with Crippen LogP contribution in [0.4, 0.5) is 11.4 Å². The Balaban J connectivity index is 1.81. The molecule has 6 heteroatoms. The van der Waals surface area contributed by atoms with Gasteiger partial charge in [-0.3, -0.25) is 9.79 Å². The van der Waals surface area contributed by atoms with Crippen molar-refractivity contribution < 1.29 is 4.79 Å². The van der Waals surface area contributed by atoms with Crippen LogP contribution in [0.2, 0.25) is 10.0 Å². The summed E-state index contributed by atoms with van der Waals surface area (Å²) < 4.78 is 0. The van der Waals surface area contributed by atoms with Crippen LogP contribution in [-0.4, -0.2) is 12.0 Å². The number of benzene rings is 2. The first kappa shape index (κ1) is 17.5. The van der Waals surface area contributed by atoms with Crippen molar-refractivity contribution in [3.05, 3.63) is 69.8 Å². The minimum atomic E-state index is -0.408. The molecule has 0 saturated carbocycles. The van der Waals surface area contributed by atoms with E-state index in [1.807, 2.05) is 38.1 Å². The number of rotatable bonds is 5. The number of aldehydes is 1. The van der Waals surface area contributed by atoms with Gasteiger partial charge < -0.3 is 10.9 Å². The maximum atomic E-state index is 11.6. The summed E-state index contributed by atoms with van der Waals surface area (Å²) in [6, 6.07) is 12.8. The smallest absolute Gasteiger partial charge is 0.153 e. The lowest BCUT2D eigenvalue weighted by atomic mass is 9.79. The van der Waals surface area contributed by atoms with Crippen molar-refractivity contribution in [1.29, 1.82) is 0 Å². The third-order valence-corrected chi connectivity index (χ3v) is 4.63. The lowest BCUT2D eigenvalue weighted by Gasteiger charge is -2.22. The third kappa shape index (κ3) is 3.55. The van der Waals surface area contributed by atoms with Crippen LogP contribution in [0.3, 0.4) is 0 Å². The molecule has 0 aliphatic carbocycles. The minimum absolute atomic E-state index is 0.408. The number of nitrogens with one attached hydrogen (secondary N) is 2. The van der Waals surface area contributed by atoms with Crippen LogP contribution in [0, 0.1) is 0 Å². The van der Waals surface area contributed by atoms with Gasteiger partial charge in [-0.15, -0.1) is 0 Å². The monoisotopic (exact) mass is 373 g/mol. The fraction of sp³-hybridized carbons (Fsp3) is 0.158. The first-order chi connectivity index (χ1) is 11.9. The van der Waals surface area contributed by atoms with Crippen molar-refractivity contribution in [2.75, 3.05) is 5.43 Å². The summed E-state index contributed by atoms with van der Waals surface area (Å²) in [5, 5.41) is 1.32. The van der Waals surface area contributed by atoms with Crippen LogP contribution in [0.5, 0.6) is 0 Å². The van der Waals surface area contributed by atoms with Crippen molar-refractivity contribution >= 4 is 46.6 Å². The molecule has 25 heavy (non-hydrogen) atoms. The highest BCUT2D eigenvalue weighted by atomic mass is 35.5. The summed E-state index contributed by atoms with van der Waals surface area (Å²) in [5.74, 6) is 0. The fourth-order valence-corrected chi connectivity index (χ4v) is 3.11. The van der Waals surface area contributed by atoms with Crippen molar-refractivity contribution in [1.82, 2.24) is 5.43 Å². The van der Waals surface area contributed by atoms with Gasteiger partial charge in [-0.25, -0.2) is 0 Å². The summed E-state index contributed by atoms with van der Waals surface area (Å²) in [4.78, 5) is 16.3. The highest BCUT2D eigenvalue weighted by Crippen LogP contribution is 2.42. The molecule has 0 unspecified atom stereocenters. The highest BCUT2D eigenvalue weighted by molar-refractivity contribution is 6.31. The van der Waals surface area contributed by atoms with Gasteiger partial charge >= 0.3 is 0 Å². The van der Waals surface area contributed by atoms with E-state index in [1.54, 1.807) is 24.4 Å². The van der Waals surface area contributed by atoms with E-state index in [9.17, 15) is 4.79 Å². The quantitative estimate of drug-likeness (QED) is 0.437. The second-order valence-corrected chi connectivity index (χ2v) is 7.11. The van der Waals surface area contributed by atoms with E-state index in [4.69, 9.17) is 23.2 Å². The Morgan fingerprint density at radius 2 is 1.76 bits per heavy atom. The largest absolute Gasteiger partial charge is 0.307 e. The number of anilines is 1. The molecule has 4 nitrogen and oxygen atoms in total. The van der Waals surface area contributed by atoms with Crippen molar-refractivity contribution in [2.24, 2.45) is 4.99 Å². The van der Waals surface area contributed by atoms with Gasteiger partial charge in [0.15, 0.2) is 6.29 Å². The Hall–Kier alpha value is -2.30. The number of halogens is 2. The Morgan fingerprint density at radius 3 is 2.44 bits per heavy atom. The van der Waals surface area contributed by atoms with E-state index in [-0.39, 0.29) is 0 Å². The van der Waals surface area contributed by atoms with Gasteiger partial charge in [-0.05, 0) is 48.0 Å². The van der Waals surface area contributed by atoms with Gasteiger partial charge in [-0.2, -0.15) is 0 Å². The first-order valence-corrected chi connectivity index (χ1v) is 8.49. The molecule has 1 aliphatic heterocycles. The molecule has 1 heterocycles. The number of nitrogens with zero attached hydrogens (tertiary/aromatic N) is 1. The molecule has 0 amide bonds. The summed E-state index contributed by atoms with van der Waals surface area (Å²) in [6.45, 7) is 4.05. The molecule has 2 aromatic rings. The van der Waals surface area contributed by atoms with Gasteiger partial charge in [-0.1, -0.05) is 37.0 Å². The number of hydrogen-bond donors (Lipinski definition) is 2. The Bertz CT molecular complexity index is 871. The molecule has 0 saturated heterocycles. The van der Waals surface area contributed by atoms with Crippen molar-refractivity contribution in [3.63, 3.8) is 0 Å². The predicted octanol–water partition coefficient (Wildman–Crippen LogP) is 5.06. The SMILES string of the molecule is CC1(C)C(/C(C=O)=C/NNc2ccc(Cl)cc2)=Nc2ccc(Cl)cc21. The summed E-state index contributed by atoms with van der Waals surface area (Å²) in [7, 11) is 0. The minimum Gasteiger partial charge on any atom is -0.307 e. The third-order valence-electron chi connectivity index (χ3n) is 4.15. The van der Waals surface area contributed by atoms with Gasteiger partial charge in [0.1, 0.15) is 0 Å². The molecule has 0 spiro atoms. The number of fused-ring (bicyclic) bond motifs is 1. The average Bonchev–Trinajstić information content (AvgIpc) is 2.84. The van der Waals surface area contributed by atoms with Crippen LogP contribution in [0.1, 0.15) is 19.4 Å². The molecular formula is C19H17Cl2N3O. The topological polar surface area (TPSA) is 53.5 Å². The molecular weight excluding hydrogens is 357 g/mol. The van der Waals surface area contributed by atoms with Gasteiger partial charge in [0, 0.05) is 21.7 Å². The van der Waals surface area contributed by atoms with Crippen molar-refractivity contribution in [2.45, 2.75) is 19.3 Å². The summed E-state index contributed by atoms with van der Waals surface area (Å²) in [6.07, 6.45) is 2.40. The number of hydrogen-bond acceptors (Lipinski definition) is 4. The van der Waals surface area contributed by atoms with Gasteiger partial charge in [0.2, 0.25) is 0 Å². The maximum absolute atomic E-state index is 11.6. The molecule has 0 bridgehead atoms. The number of hydrazine groups is 1. The van der Waals surface area contributed by atoms with E-state index < -0.39 is 5.41 Å². The Morgan fingerprint density at radius 1 is 1.08 bits per heavy atom. The second kappa shape index (κ2) is 6.90. The maximum Gasteiger partial charge on any atom is 0.153 e. The Kier molecular flexibility index (Phi) is 4.84. The van der Waals surface area contributed by atoms with E-state index in [0.717, 1.165) is 23.2 Å². The lowest BCUT2D eigenvalue weighted by molar-refractivity contribution is -0.104. The molecule has 2 aromatic carbocycles. The predicted molar refractivity (Wildman–Crippen MR) is 104 cm³/mol. The molecule has 3 rings (SSSR count). The molecule has 0 aromatic heterocycles. The normalized spacial score (nSPS) is 15.4. The fourth-order valence-electron chi connectivity index (χ4n) is 2.81. The number of allylic oxidation sites excluding steroid dienone is 1. The highest BCUT2D eigenvalue weighted by Gasteiger charge is 2.36. The van der Waals surface area contributed by atoms with Crippen LogP contribution in [0.15, 0.2) is 59.2 Å². The molecule has 0 radical (unpaired) electrons. The van der Waals surface area contributed by atoms with Gasteiger partial charge in [0.05, 0.1) is 22.7 Å². The molecule has 2 N–H and O–H groups in total. The van der Waals surface area contributed by atoms with Crippen molar-refractivity contribution in [3.8, 4) is 0 Å². The Labute approximate surface area is 156 Å². The molecule has 1 aliphatic rings. The number of carbonyl (C=O) groups excluding carboxylic acids is 1. The average molecular weight is 374 g/mol. The number of carbonyl (C=O) groups is 1. The van der Waals surface area contributed by atoms with E-state index in [2.05, 4.69) is 15.8 Å². The summed E-state index contributed by atoms with van der Waals surface area (Å²) in [5.41, 5.74) is 9.36. The molecule has 128 valence electrons.